The Hall–Kier alpha value is -2.33. The zero-order valence-electron chi connectivity index (χ0n) is 12.6. The largest absolute Gasteiger partial charge is 0.464 e. The van der Waals surface area contributed by atoms with Crippen molar-refractivity contribution in [1.29, 1.82) is 0 Å². The summed E-state index contributed by atoms with van der Waals surface area (Å²) < 4.78 is 6.41. The van der Waals surface area contributed by atoms with Crippen molar-refractivity contribution in [3.05, 3.63) is 52.7 Å². The van der Waals surface area contributed by atoms with Gasteiger partial charge in [0.25, 0.3) is 0 Å². The summed E-state index contributed by atoms with van der Waals surface area (Å²) in [5, 5.41) is 5.98. The number of aryl methyl sites for hydroxylation is 2. The molecule has 1 heterocycles. The van der Waals surface area contributed by atoms with Gasteiger partial charge in [0.1, 0.15) is 5.52 Å². The normalized spacial score (nSPS) is 10.9. The number of aromatic nitrogens is 2. The van der Waals surface area contributed by atoms with Crippen LogP contribution < -0.4 is 0 Å². The van der Waals surface area contributed by atoms with Gasteiger partial charge < -0.3 is 4.74 Å². The summed E-state index contributed by atoms with van der Waals surface area (Å²) in [6.07, 6.45) is 0. The van der Waals surface area contributed by atoms with Gasteiger partial charge in [-0.15, -0.1) is 0 Å². The molecule has 0 atom stereocenters. The van der Waals surface area contributed by atoms with Crippen molar-refractivity contribution >= 4 is 28.5 Å². The molecule has 0 aliphatic rings. The Morgan fingerprint density at radius 2 is 2.00 bits per heavy atom. The van der Waals surface area contributed by atoms with Crippen molar-refractivity contribution in [3.8, 4) is 11.1 Å². The standard InChI is InChI=1S/C17H15ClN2O2/c1-10-9-11(18)7-8-12(10)13-5-4-6-14-15(13)19-20(2)16(14)17(21)22-3/h4-9H,1-3H3. The maximum atomic E-state index is 12.0. The van der Waals surface area contributed by atoms with Crippen LogP contribution in [0.4, 0.5) is 0 Å². The van der Waals surface area contributed by atoms with E-state index in [4.69, 9.17) is 16.3 Å². The number of methoxy groups -OCH3 is 1. The molecule has 0 N–H and O–H groups in total. The molecule has 3 aromatic rings. The molecule has 22 heavy (non-hydrogen) atoms. The molecule has 0 aliphatic carbocycles. The van der Waals surface area contributed by atoms with Gasteiger partial charge in [-0.2, -0.15) is 5.10 Å². The van der Waals surface area contributed by atoms with Crippen LogP contribution in [-0.2, 0) is 11.8 Å². The molecular weight excluding hydrogens is 300 g/mol. The summed E-state index contributed by atoms with van der Waals surface area (Å²) in [5.41, 5.74) is 4.30. The van der Waals surface area contributed by atoms with Crippen LogP contribution >= 0.6 is 11.6 Å². The molecule has 0 saturated heterocycles. The van der Waals surface area contributed by atoms with Crippen molar-refractivity contribution < 1.29 is 9.53 Å². The summed E-state index contributed by atoms with van der Waals surface area (Å²) in [7, 11) is 3.11. The van der Waals surface area contributed by atoms with Crippen LogP contribution in [0.15, 0.2) is 36.4 Å². The molecule has 0 amide bonds. The molecular formula is C17H15ClN2O2. The lowest BCUT2D eigenvalue weighted by atomic mass is 9.98. The second-order valence-electron chi connectivity index (χ2n) is 5.12. The number of carbonyl (C=O) groups excluding carboxylic acids is 1. The SMILES string of the molecule is COC(=O)c1c2cccc(-c3ccc(Cl)cc3C)c2nn1C. The molecule has 0 aliphatic heterocycles. The maximum absolute atomic E-state index is 12.0. The van der Waals surface area contributed by atoms with E-state index in [9.17, 15) is 4.79 Å². The van der Waals surface area contributed by atoms with Crippen LogP contribution in [0.25, 0.3) is 22.0 Å². The topological polar surface area (TPSA) is 44.1 Å². The van der Waals surface area contributed by atoms with Crippen LogP contribution in [0, 0.1) is 6.92 Å². The Morgan fingerprint density at radius 3 is 2.68 bits per heavy atom. The van der Waals surface area contributed by atoms with Gasteiger partial charge in [0.05, 0.1) is 7.11 Å². The predicted octanol–water partition coefficient (Wildman–Crippen LogP) is 3.99. The van der Waals surface area contributed by atoms with Gasteiger partial charge in [0.2, 0.25) is 0 Å². The van der Waals surface area contributed by atoms with Gasteiger partial charge in [0, 0.05) is 23.0 Å². The van der Waals surface area contributed by atoms with Gasteiger partial charge >= 0.3 is 5.97 Å². The Bertz CT molecular complexity index is 884. The molecule has 2 aromatic carbocycles. The van der Waals surface area contributed by atoms with E-state index in [-0.39, 0.29) is 0 Å². The van der Waals surface area contributed by atoms with E-state index in [0.717, 1.165) is 27.6 Å². The maximum Gasteiger partial charge on any atom is 0.356 e. The molecule has 5 heteroatoms. The number of ether oxygens (including phenoxy) is 1. The monoisotopic (exact) mass is 314 g/mol. The minimum Gasteiger partial charge on any atom is -0.464 e. The molecule has 0 unspecified atom stereocenters. The van der Waals surface area contributed by atoms with Gasteiger partial charge in [-0.1, -0.05) is 35.9 Å². The quantitative estimate of drug-likeness (QED) is 0.672. The fourth-order valence-corrected chi connectivity index (χ4v) is 2.93. The van der Waals surface area contributed by atoms with E-state index in [0.29, 0.717) is 10.7 Å². The second kappa shape index (κ2) is 5.46. The van der Waals surface area contributed by atoms with E-state index in [1.54, 1.807) is 11.7 Å². The van der Waals surface area contributed by atoms with Gasteiger partial charge in [-0.05, 0) is 30.2 Å². The lowest BCUT2D eigenvalue weighted by Crippen LogP contribution is -2.08. The summed E-state index contributed by atoms with van der Waals surface area (Å²) in [6.45, 7) is 2.00. The molecule has 0 radical (unpaired) electrons. The molecule has 0 spiro atoms. The fraction of sp³-hybridized carbons (Fsp3) is 0.176. The van der Waals surface area contributed by atoms with Crippen molar-refractivity contribution in [1.82, 2.24) is 9.78 Å². The predicted molar refractivity (Wildman–Crippen MR) is 87.2 cm³/mol. The Kier molecular flexibility index (Phi) is 3.62. The van der Waals surface area contributed by atoms with Crippen molar-refractivity contribution in [2.75, 3.05) is 7.11 Å². The van der Waals surface area contributed by atoms with Crippen LogP contribution in [0.5, 0.6) is 0 Å². The highest BCUT2D eigenvalue weighted by atomic mass is 35.5. The van der Waals surface area contributed by atoms with Gasteiger partial charge in [-0.25, -0.2) is 4.79 Å². The Labute approximate surface area is 133 Å². The molecule has 4 nitrogen and oxygen atoms in total. The highest BCUT2D eigenvalue weighted by Gasteiger charge is 2.19. The lowest BCUT2D eigenvalue weighted by Gasteiger charge is -2.07. The van der Waals surface area contributed by atoms with E-state index >= 15 is 0 Å². The van der Waals surface area contributed by atoms with E-state index < -0.39 is 5.97 Å². The molecule has 0 bridgehead atoms. The zero-order valence-corrected chi connectivity index (χ0v) is 13.3. The molecule has 0 saturated carbocycles. The number of nitrogens with zero attached hydrogens (tertiary/aromatic N) is 2. The summed E-state index contributed by atoms with van der Waals surface area (Å²) in [6, 6.07) is 11.5. The van der Waals surface area contributed by atoms with Gasteiger partial charge in [-0.3, -0.25) is 4.68 Å². The Balaban J connectivity index is 2.30. The average molecular weight is 315 g/mol. The molecule has 0 fully saturated rings. The molecule has 3 rings (SSSR count). The number of fused-ring (bicyclic) bond motifs is 1. The van der Waals surface area contributed by atoms with Crippen LogP contribution in [-0.4, -0.2) is 22.9 Å². The zero-order chi connectivity index (χ0) is 15.9. The van der Waals surface area contributed by atoms with Crippen LogP contribution in [0.1, 0.15) is 16.1 Å². The first kappa shape index (κ1) is 14.6. The minimum absolute atomic E-state index is 0.394. The number of rotatable bonds is 2. The first-order chi connectivity index (χ1) is 10.5. The fourth-order valence-electron chi connectivity index (χ4n) is 2.70. The number of hydrogen-bond acceptors (Lipinski definition) is 3. The summed E-state index contributed by atoms with van der Waals surface area (Å²) in [5.74, 6) is -0.394. The number of benzene rings is 2. The third kappa shape index (κ3) is 2.25. The highest BCUT2D eigenvalue weighted by molar-refractivity contribution is 6.30. The van der Waals surface area contributed by atoms with Gasteiger partial charge in [0.15, 0.2) is 5.69 Å². The summed E-state index contributed by atoms with van der Waals surface area (Å²) >= 11 is 6.03. The van der Waals surface area contributed by atoms with Crippen LogP contribution in [0.3, 0.4) is 0 Å². The van der Waals surface area contributed by atoms with E-state index in [2.05, 4.69) is 5.10 Å². The third-order valence-electron chi connectivity index (χ3n) is 3.72. The highest BCUT2D eigenvalue weighted by Crippen LogP contribution is 2.32. The average Bonchev–Trinajstić information content (AvgIpc) is 2.82. The van der Waals surface area contributed by atoms with E-state index in [1.165, 1.54) is 7.11 Å². The summed E-state index contributed by atoms with van der Waals surface area (Å²) in [4.78, 5) is 12.0. The lowest BCUT2D eigenvalue weighted by molar-refractivity contribution is 0.0590. The van der Waals surface area contributed by atoms with Crippen molar-refractivity contribution in [3.63, 3.8) is 0 Å². The second-order valence-corrected chi connectivity index (χ2v) is 5.56. The number of esters is 1. The third-order valence-corrected chi connectivity index (χ3v) is 3.96. The van der Waals surface area contributed by atoms with Crippen molar-refractivity contribution in [2.24, 2.45) is 7.05 Å². The Morgan fingerprint density at radius 1 is 1.23 bits per heavy atom. The smallest absolute Gasteiger partial charge is 0.356 e. The first-order valence-corrected chi connectivity index (χ1v) is 7.21. The number of hydrogen-bond donors (Lipinski definition) is 0. The molecule has 112 valence electrons. The first-order valence-electron chi connectivity index (χ1n) is 6.83. The van der Waals surface area contributed by atoms with E-state index in [1.807, 2.05) is 43.3 Å². The van der Waals surface area contributed by atoms with Crippen LogP contribution in [0.2, 0.25) is 5.02 Å². The minimum atomic E-state index is -0.394. The van der Waals surface area contributed by atoms with Crippen molar-refractivity contribution in [2.45, 2.75) is 6.92 Å². The number of carbonyl (C=O) groups is 1. The number of halogens is 1. The molecule has 1 aromatic heterocycles.